The zero-order chi connectivity index (χ0) is 23.2. The van der Waals surface area contributed by atoms with Crippen LogP contribution in [-0.2, 0) is 6.61 Å². The Kier molecular flexibility index (Phi) is 6.71. The van der Waals surface area contributed by atoms with Gasteiger partial charge in [-0.1, -0.05) is 35.9 Å². The number of benzene rings is 3. The molecule has 166 valence electrons. The van der Waals surface area contributed by atoms with Gasteiger partial charge in [-0.05, 0) is 54.1 Å². The molecule has 7 nitrogen and oxygen atoms in total. The summed E-state index contributed by atoms with van der Waals surface area (Å²) in [5, 5.41) is 7.74. The second-order valence-corrected chi connectivity index (χ2v) is 7.47. The predicted molar refractivity (Wildman–Crippen MR) is 127 cm³/mol. The third-order valence-electron chi connectivity index (χ3n) is 4.81. The van der Waals surface area contributed by atoms with Crippen LogP contribution in [0.1, 0.15) is 15.9 Å². The number of anilines is 1. The van der Waals surface area contributed by atoms with Crippen molar-refractivity contribution >= 4 is 23.2 Å². The van der Waals surface area contributed by atoms with E-state index in [1.54, 1.807) is 54.6 Å². The van der Waals surface area contributed by atoms with E-state index in [4.69, 9.17) is 21.1 Å². The van der Waals surface area contributed by atoms with Crippen LogP contribution in [-0.4, -0.2) is 22.8 Å². The van der Waals surface area contributed by atoms with Crippen molar-refractivity contribution in [3.05, 3.63) is 111 Å². The molecule has 4 rings (SSSR count). The molecular formula is C25H20ClN3O4. The number of nitrogens with one attached hydrogen (secondary N) is 1. The van der Waals surface area contributed by atoms with Gasteiger partial charge in [0.2, 0.25) is 5.88 Å². The minimum atomic E-state index is -0.319. The van der Waals surface area contributed by atoms with E-state index in [1.807, 2.05) is 18.2 Å². The summed E-state index contributed by atoms with van der Waals surface area (Å²) in [7, 11) is 1.54. The maximum Gasteiger partial charge on any atom is 0.271 e. The van der Waals surface area contributed by atoms with Crippen LogP contribution in [0.4, 0.5) is 5.69 Å². The molecule has 1 aromatic heterocycles. The molecule has 0 saturated heterocycles. The number of carbonyl (C=O) groups is 1. The molecule has 0 aliphatic rings. The molecule has 1 amide bonds. The van der Waals surface area contributed by atoms with Crippen LogP contribution in [0.5, 0.6) is 11.6 Å². The standard InChI is InChI=1S/C25H20ClN3O4/c1-32-22-5-3-2-4-21(22)27-25(31)18-8-12-20(13-9-18)29-24(30)15-14-23(28-29)33-16-17-6-10-19(26)11-7-17/h2-15H,16H2,1H3,(H,27,31). The van der Waals surface area contributed by atoms with Gasteiger partial charge in [-0.2, -0.15) is 4.68 Å². The van der Waals surface area contributed by atoms with Crippen LogP contribution < -0.4 is 20.3 Å². The van der Waals surface area contributed by atoms with E-state index < -0.39 is 0 Å². The van der Waals surface area contributed by atoms with Gasteiger partial charge >= 0.3 is 0 Å². The third-order valence-corrected chi connectivity index (χ3v) is 5.06. The van der Waals surface area contributed by atoms with Crippen molar-refractivity contribution in [1.82, 2.24) is 9.78 Å². The molecule has 33 heavy (non-hydrogen) atoms. The van der Waals surface area contributed by atoms with Crippen molar-refractivity contribution in [3.63, 3.8) is 0 Å². The van der Waals surface area contributed by atoms with E-state index >= 15 is 0 Å². The van der Waals surface area contributed by atoms with Gasteiger partial charge in [0.1, 0.15) is 12.4 Å². The average Bonchev–Trinajstić information content (AvgIpc) is 2.85. The molecule has 8 heteroatoms. The second kappa shape index (κ2) is 10.0. The highest BCUT2D eigenvalue weighted by atomic mass is 35.5. The summed E-state index contributed by atoms with van der Waals surface area (Å²) >= 11 is 5.90. The molecule has 3 aromatic carbocycles. The number of hydrogen-bond acceptors (Lipinski definition) is 5. The summed E-state index contributed by atoms with van der Waals surface area (Å²) < 4.78 is 12.2. The first-order valence-electron chi connectivity index (χ1n) is 10.1. The molecule has 0 fully saturated rings. The van der Waals surface area contributed by atoms with Crippen LogP contribution in [0.15, 0.2) is 89.7 Å². The van der Waals surface area contributed by atoms with E-state index in [0.29, 0.717) is 33.6 Å². The zero-order valence-electron chi connectivity index (χ0n) is 17.7. The van der Waals surface area contributed by atoms with E-state index in [0.717, 1.165) is 5.56 Å². The summed E-state index contributed by atoms with van der Waals surface area (Å²) in [5.74, 6) is 0.558. The van der Waals surface area contributed by atoms with Crippen LogP contribution in [0.2, 0.25) is 5.02 Å². The normalized spacial score (nSPS) is 10.5. The van der Waals surface area contributed by atoms with Crippen molar-refractivity contribution in [2.24, 2.45) is 0 Å². The Bertz CT molecular complexity index is 1320. The van der Waals surface area contributed by atoms with Crippen molar-refractivity contribution in [3.8, 4) is 17.3 Å². The summed E-state index contributed by atoms with van der Waals surface area (Å²) in [6.07, 6.45) is 0. The molecule has 0 spiro atoms. The molecule has 0 atom stereocenters. The van der Waals surface area contributed by atoms with Gasteiger partial charge in [0, 0.05) is 22.7 Å². The fourth-order valence-corrected chi connectivity index (χ4v) is 3.22. The van der Waals surface area contributed by atoms with Crippen LogP contribution in [0.25, 0.3) is 5.69 Å². The highest BCUT2D eigenvalue weighted by Gasteiger charge is 2.11. The number of amides is 1. The zero-order valence-corrected chi connectivity index (χ0v) is 18.5. The van der Waals surface area contributed by atoms with Gasteiger partial charge in [0.05, 0.1) is 18.5 Å². The van der Waals surface area contributed by atoms with Crippen LogP contribution in [0, 0.1) is 0 Å². The first-order chi connectivity index (χ1) is 16.0. The fourth-order valence-electron chi connectivity index (χ4n) is 3.09. The molecule has 0 bridgehead atoms. The topological polar surface area (TPSA) is 82.4 Å². The van der Waals surface area contributed by atoms with Gasteiger partial charge < -0.3 is 14.8 Å². The Hall–Kier alpha value is -4.10. The van der Waals surface area contributed by atoms with E-state index in [9.17, 15) is 9.59 Å². The summed E-state index contributed by atoms with van der Waals surface area (Å²) in [6, 6.07) is 23.8. The van der Waals surface area contributed by atoms with Crippen molar-refractivity contribution in [1.29, 1.82) is 0 Å². The van der Waals surface area contributed by atoms with Gasteiger partial charge in [-0.3, -0.25) is 9.59 Å². The molecule has 0 aliphatic heterocycles. The number of ether oxygens (including phenoxy) is 2. The van der Waals surface area contributed by atoms with Crippen molar-refractivity contribution in [2.45, 2.75) is 6.61 Å². The van der Waals surface area contributed by atoms with E-state index in [-0.39, 0.29) is 18.1 Å². The molecule has 4 aromatic rings. The number of halogens is 1. The molecular weight excluding hydrogens is 442 g/mol. The first kappa shape index (κ1) is 22.1. The van der Waals surface area contributed by atoms with Crippen LogP contribution >= 0.6 is 11.6 Å². The van der Waals surface area contributed by atoms with E-state index in [1.165, 1.54) is 23.9 Å². The molecule has 1 N–H and O–H groups in total. The van der Waals surface area contributed by atoms with Gasteiger partial charge in [-0.15, -0.1) is 5.10 Å². The number of methoxy groups -OCH3 is 1. The second-order valence-electron chi connectivity index (χ2n) is 7.04. The van der Waals surface area contributed by atoms with Gasteiger partial charge in [-0.25, -0.2) is 0 Å². The molecule has 0 saturated carbocycles. The molecule has 1 heterocycles. The highest BCUT2D eigenvalue weighted by molar-refractivity contribution is 6.30. The molecule has 0 radical (unpaired) electrons. The van der Waals surface area contributed by atoms with Crippen molar-refractivity contribution in [2.75, 3.05) is 12.4 Å². The SMILES string of the molecule is COc1ccccc1NC(=O)c1ccc(-n2nc(OCc3ccc(Cl)cc3)ccc2=O)cc1. The lowest BCUT2D eigenvalue weighted by Crippen LogP contribution is -2.20. The van der Waals surface area contributed by atoms with Crippen LogP contribution in [0.3, 0.4) is 0 Å². The number of para-hydroxylation sites is 2. The monoisotopic (exact) mass is 461 g/mol. The Labute approximate surface area is 195 Å². The number of nitrogens with zero attached hydrogens (tertiary/aromatic N) is 2. The minimum absolute atomic E-state index is 0.282. The van der Waals surface area contributed by atoms with E-state index in [2.05, 4.69) is 10.4 Å². The summed E-state index contributed by atoms with van der Waals surface area (Å²) in [6.45, 7) is 0.282. The lowest BCUT2D eigenvalue weighted by molar-refractivity contribution is 0.102. The maximum atomic E-state index is 12.6. The average molecular weight is 462 g/mol. The lowest BCUT2D eigenvalue weighted by atomic mass is 10.2. The smallest absolute Gasteiger partial charge is 0.271 e. The quantitative estimate of drug-likeness (QED) is 0.430. The summed E-state index contributed by atoms with van der Waals surface area (Å²) in [5.41, 5.74) is 2.10. The molecule has 0 aliphatic carbocycles. The maximum absolute atomic E-state index is 12.6. The number of hydrogen-bond donors (Lipinski definition) is 1. The largest absolute Gasteiger partial charge is 0.495 e. The molecule has 0 unspecified atom stereocenters. The highest BCUT2D eigenvalue weighted by Crippen LogP contribution is 2.23. The Morgan fingerprint density at radius 2 is 1.70 bits per heavy atom. The van der Waals surface area contributed by atoms with Crippen molar-refractivity contribution < 1.29 is 14.3 Å². The first-order valence-corrected chi connectivity index (χ1v) is 10.4. The lowest BCUT2D eigenvalue weighted by Gasteiger charge is -2.11. The Morgan fingerprint density at radius 3 is 2.42 bits per heavy atom. The number of carbonyl (C=O) groups excluding carboxylic acids is 1. The summed E-state index contributed by atoms with van der Waals surface area (Å²) in [4.78, 5) is 25.0. The third kappa shape index (κ3) is 5.39. The van der Waals surface area contributed by atoms with Gasteiger partial charge in [0.15, 0.2) is 0 Å². The number of rotatable bonds is 7. The number of aromatic nitrogens is 2. The Balaban J connectivity index is 1.48. The van der Waals surface area contributed by atoms with Gasteiger partial charge in [0.25, 0.3) is 11.5 Å². The fraction of sp³-hybridized carbons (Fsp3) is 0.0800. The predicted octanol–water partition coefficient (Wildman–Crippen LogP) is 4.73. The minimum Gasteiger partial charge on any atom is -0.495 e. The Morgan fingerprint density at radius 1 is 0.970 bits per heavy atom.